The van der Waals surface area contributed by atoms with Crippen LogP contribution in [0.4, 0.5) is 0 Å². The predicted molar refractivity (Wildman–Crippen MR) is 72.8 cm³/mol. The second-order valence-corrected chi connectivity index (χ2v) is 5.24. The predicted octanol–water partition coefficient (Wildman–Crippen LogP) is 0.950. The van der Waals surface area contributed by atoms with Gasteiger partial charge in [0.15, 0.2) is 0 Å². The van der Waals surface area contributed by atoms with Crippen LogP contribution in [0, 0.1) is 0 Å². The summed E-state index contributed by atoms with van der Waals surface area (Å²) in [6.07, 6.45) is 1.50. The van der Waals surface area contributed by atoms with Crippen molar-refractivity contribution in [3.05, 3.63) is 35.4 Å². The fourth-order valence-corrected chi connectivity index (χ4v) is 2.78. The third-order valence-corrected chi connectivity index (χ3v) is 3.89. The Labute approximate surface area is 113 Å². The molecule has 0 aromatic heterocycles. The number of hydrogen-bond donors (Lipinski definition) is 1. The van der Waals surface area contributed by atoms with Gasteiger partial charge < -0.3 is 15.0 Å². The highest BCUT2D eigenvalue weighted by Gasteiger charge is 2.24. The summed E-state index contributed by atoms with van der Waals surface area (Å²) in [4.78, 5) is 14.3. The second-order valence-electron chi connectivity index (χ2n) is 5.24. The number of nitrogens with zero attached hydrogens (tertiary/aromatic N) is 1. The van der Waals surface area contributed by atoms with Crippen LogP contribution in [-0.2, 0) is 22.5 Å². The number of hydrogen-bond acceptors (Lipinski definition) is 3. The van der Waals surface area contributed by atoms with Gasteiger partial charge in [-0.15, -0.1) is 0 Å². The number of carbonyl (C=O) groups is 1. The molecule has 1 aromatic rings. The molecule has 2 heterocycles. The summed E-state index contributed by atoms with van der Waals surface area (Å²) >= 11 is 0. The second kappa shape index (κ2) is 5.72. The number of ether oxygens (including phenoxy) is 1. The zero-order valence-electron chi connectivity index (χ0n) is 11.1. The summed E-state index contributed by atoms with van der Waals surface area (Å²) in [5, 5.41) is 3.26. The molecule has 0 spiro atoms. The van der Waals surface area contributed by atoms with Crippen LogP contribution in [0.15, 0.2) is 24.3 Å². The highest BCUT2D eigenvalue weighted by molar-refractivity contribution is 5.77. The van der Waals surface area contributed by atoms with Crippen molar-refractivity contribution in [1.29, 1.82) is 0 Å². The van der Waals surface area contributed by atoms with Crippen LogP contribution in [0.3, 0.4) is 0 Å². The molecule has 1 fully saturated rings. The summed E-state index contributed by atoms with van der Waals surface area (Å²) in [5.41, 5.74) is 2.66. The van der Waals surface area contributed by atoms with Crippen LogP contribution in [0.2, 0.25) is 0 Å². The van der Waals surface area contributed by atoms with Crippen molar-refractivity contribution in [2.24, 2.45) is 0 Å². The summed E-state index contributed by atoms with van der Waals surface area (Å²) in [7, 11) is 0. The molecule has 3 rings (SSSR count). The van der Waals surface area contributed by atoms with Gasteiger partial charge in [0.25, 0.3) is 0 Å². The minimum absolute atomic E-state index is 0.0402. The molecular weight excluding hydrogens is 240 g/mol. The average Bonchev–Trinajstić information content (AvgIpc) is 2.48. The lowest BCUT2D eigenvalue weighted by Crippen LogP contribution is -2.43. The van der Waals surface area contributed by atoms with Gasteiger partial charge in [-0.05, 0) is 17.5 Å². The molecule has 2 aliphatic rings. The van der Waals surface area contributed by atoms with E-state index in [1.165, 1.54) is 11.1 Å². The number of carbonyl (C=O) groups excluding carboxylic acids is 1. The zero-order valence-corrected chi connectivity index (χ0v) is 11.1. The van der Waals surface area contributed by atoms with Crippen molar-refractivity contribution in [2.45, 2.75) is 25.5 Å². The number of nitrogens with one attached hydrogen (secondary N) is 1. The van der Waals surface area contributed by atoms with E-state index in [0.717, 1.165) is 32.6 Å². The van der Waals surface area contributed by atoms with E-state index in [4.69, 9.17) is 4.74 Å². The van der Waals surface area contributed by atoms with E-state index in [9.17, 15) is 4.79 Å². The van der Waals surface area contributed by atoms with E-state index < -0.39 is 0 Å². The Hall–Kier alpha value is -1.39. The van der Waals surface area contributed by atoms with Gasteiger partial charge in [0.05, 0.1) is 19.1 Å². The molecule has 1 N–H and O–H groups in total. The van der Waals surface area contributed by atoms with Crippen molar-refractivity contribution < 1.29 is 9.53 Å². The molecule has 4 nitrogen and oxygen atoms in total. The summed E-state index contributed by atoms with van der Waals surface area (Å²) in [5.74, 6) is 0.211. The molecule has 0 bridgehead atoms. The van der Waals surface area contributed by atoms with Gasteiger partial charge in [0, 0.05) is 26.2 Å². The van der Waals surface area contributed by atoms with E-state index in [1.807, 2.05) is 11.0 Å². The SMILES string of the molecule is O=C(C[C@@H]1CNCCO1)N1CCc2ccccc2C1. The van der Waals surface area contributed by atoms with Gasteiger partial charge >= 0.3 is 0 Å². The summed E-state index contributed by atoms with van der Waals surface area (Å²) in [6.45, 7) is 3.96. The number of morpholine rings is 1. The standard InChI is InChI=1S/C15H20N2O2/c18-15(9-14-10-16-6-8-19-14)17-7-5-12-3-1-2-4-13(12)11-17/h1-4,14,16H,5-11H2/t14-/m1/s1. The maximum Gasteiger partial charge on any atom is 0.225 e. The van der Waals surface area contributed by atoms with Crippen LogP contribution >= 0.6 is 0 Å². The van der Waals surface area contributed by atoms with E-state index in [-0.39, 0.29) is 12.0 Å². The molecule has 1 atom stereocenters. The molecule has 1 saturated heterocycles. The maximum absolute atomic E-state index is 12.3. The molecule has 1 aromatic carbocycles. The summed E-state index contributed by atoms with van der Waals surface area (Å²) < 4.78 is 5.60. The van der Waals surface area contributed by atoms with Crippen LogP contribution in [0.25, 0.3) is 0 Å². The van der Waals surface area contributed by atoms with Gasteiger partial charge in [-0.25, -0.2) is 0 Å². The highest BCUT2D eigenvalue weighted by Crippen LogP contribution is 2.19. The first kappa shape index (κ1) is 12.6. The van der Waals surface area contributed by atoms with Gasteiger partial charge in [-0.3, -0.25) is 4.79 Å². The van der Waals surface area contributed by atoms with Crippen molar-refractivity contribution in [1.82, 2.24) is 10.2 Å². The zero-order chi connectivity index (χ0) is 13.1. The normalized spacial score (nSPS) is 22.9. The lowest BCUT2D eigenvalue weighted by Gasteiger charge is -2.31. The maximum atomic E-state index is 12.3. The molecule has 0 radical (unpaired) electrons. The monoisotopic (exact) mass is 260 g/mol. The molecule has 2 aliphatic heterocycles. The fourth-order valence-electron chi connectivity index (χ4n) is 2.78. The fraction of sp³-hybridized carbons (Fsp3) is 0.533. The molecule has 0 saturated carbocycles. The minimum atomic E-state index is 0.0402. The molecule has 102 valence electrons. The smallest absolute Gasteiger partial charge is 0.225 e. The molecular formula is C15H20N2O2. The molecule has 0 unspecified atom stereocenters. The Bertz CT molecular complexity index is 455. The number of amides is 1. The third-order valence-electron chi connectivity index (χ3n) is 3.89. The Balaban J connectivity index is 1.59. The van der Waals surface area contributed by atoms with Crippen molar-refractivity contribution in [3.63, 3.8) is 0 Å². The van der Waals surface area contributed by atoms with E-state index in [0.29, 0.717) is 13.0 Å². The highest BCUT2D eigenvalue weighted by atomic mass is 16.5. The minimum Gasteiger partial charge on any atom is -0.375 e. The topological polar surface area (TPSA) is 41.6 Å². The lowest BCUT2D eigenvalue weighted by molar-refractivity contribution is -0.135. The molecule has 1 amide bonds. The molecule has 0 aliphatic carbocycles. The quantitative estimate of drug-likeness (QED) is 0.861. The van der Waals surface area contributed by atoms with Crippen LogP contribution in [0.1, 0.15) is 17.5 Å². The Morgan fingerprint density at radius 2 is 2.21 bits per heavy atom. The first-order valence-corrected chi connectivity index (χ1v) is 7.00. The lowest BCUT2D eigenvalue weighted by atomic mass is 9.99. The summed E-state index contributed by atoms with van der Waals surface area (Å²) in [6, 6.07) is 8.39. The first-order valence-electron chi connectivity index (χ1n) is 7.00. The number of benzene rings is 1. The third kappa shape index (κ3) is 2.96. The number of fused-ring (bicyclic) bond motifs is 1. The Kier molecular flexibility index (Phi) is 3.80. The van der Waals surface area contributed by atoms with Crippen molar-refractivity contribution in [2.75, 3.05) is 26.2 Å². The largest absolute Gasteiger partial charge is 0.375 e. The van der Waals surface area contributed by atoms with E-state index >= 15 is 0 Å². The van der Waals surface area contributed by atoms with E-state index in [1.54, 1.807) is 0 Å². The van der Waals surface area contributed by atoms with Gasteiger partial charge in [0.1, 0.15) is 0 Å². The van der Waals surface area contributed by atoms with Gasteiger partial charge in [-0.1, -0.05) is 24.3 Å². The first-order chi connectivity index (χ1) is 9.33. The molecule has 19 heavy (non-hydrogen) atoms. The number of rotatable bonds is 2. The molecule has 4 heteroatoms. The van der Waals surface area contributed by atoms with Crippen LogP contribution < -0.4 is 5.32 Å². The average molecular weight is 260 g/mol. The van der Waals surface area contributed by atoms with Crippen LogP contribution in [0.5, 0.6) is 0 Å². The van der Waals surface area contributed by atoms with Gasteiger partial charge in [-0.2, -0.15) is 0 Å². The van der Waals surface area contributed by atoms with Crippen LogP contribution in [-0.4, -0.2) is 43.2 Å². The van der Waals surface area contributed by atoms with E-state index in [2.05, 4.69) is 23.5 Å². The van der Waals surface area contributed by atoms with Gasteiger partial charge in [0.2, 0.25) is 5.91 Å². The Morgan fingerprint density at radius 3 is 3.00 bits per heavy atom. The Morgan fingerprint density at radius 1 is 1.37 bits per heavy atom. The van der Waals surface area contributed by atoms with Crippen molar-refractivity contribution in [3.8, 4) is 0 Å². The van der Waals surface area contributed by atoms with Crippen molar-refractivity contribution >= 4 is 5.91 Å².